The first-order chi connectivity index (χ1) is 10.9. The fourth-order valence-corrected chi connectivity index (χ4v) is 3.54. The summed E-state index contributed by atoms with van der Waals surface area (Å²) in [4.78, 5) is 13.7. The van der Waals surface area contributed by atoms with Crippen molar-refractivity contribution in [2.45, 2.75) is 17.9 Å². The summed E-state index contributed by atoms with van der Waals surface area (Å²) in [5, 5.41) is 0. The van der Waals surface area contributed by atoms with Crippen molar-refractivity contribution in [3.63, 3.8) is 0 Å². The molecule has 1 fully saturated rings. The SMILES string of the molecule is COC(=O)c1cccc(S(=O)(=O)NC[C@@H](C)N2CCOCC2)c1. The molecule has 1 saturated heterocycles. The minimum atomic E-state index is -3.67. The highest BCUT2D eigenvalue weighted by Gasteiger charge is 2.21. The van der Waals surface area contributed by atoms with Crippen LogP contribution in [-0.2, 0) is 19.5 Å². The van der Waals surface area contributed by atoms with Gasteiger partial charge in [0, 0.05) is 25.7 Å². The molecule has 8 heteroatoms. The van der Waals surface area contributed by atoms with Crippen molar-refractivity contribution < 1.29 is 22.7 Å². The van der Waals surface area contributed by atoms with Crippen molar-refractivity contribution >= 4 is 16.0 Å². The van der Waals surface area contributed by atoms with Crippen molar-refractivity contribution in [1.82, 2.24) is 9.62 Å². The number of nitrogens with zero attached hydrogens (tertiary/aromatic N) is 1. The molecule has 0 radical (unpaired) electrons. The smallest absolute Gasteiger partial charge is 0.337 e. The second-order valence-corrected chi connectivity index (χ2v) is 7.14. The van der Waals surface area contributed by atoms with Crippen molar-refractivity contribution in [2.75, 3.05) is 40.0 Å². The van der Waals surface area contributed by atoms with Crippen LogP contribution in [0.1, 0.15) is 17.3 Å². The molecule has 0 spiro atoms. The Morgan fingerprint density at radius 3 is 2.74 bits per heavy atom. The van der Waals surface area contributed by atoms with Crippen LogP contribution in [0, 0.1) is 0 Å². The van der Waals surface area contributed by atoms with E-state index in [1.807, 2.05) is 6.92 Å². The zero-order valence-electron chi connectivity index (χ0n) is 13.3. The summed E-state index contributed by atoms with van der Waals surface area (Å²) >= 11 is 0. The highest BCUT2D eigenvalue weighted by molar-refractivity contribution is 7.89. The number of methoxy groups -OCH3 is 1. The van der Waals surface area contributed by atoms with E-state index in [0.717, 1.165) is 13.1 Å². The maximum Gasteiger partial charge on any atom is 0.337 e. The highest BCUT2D eigenvalue weighted by atomic mass is 32.2. The van der Waals surface area contributed by atoms with Crippen molar-refractivity contribution in [3.05, 3.63) is 29.8 Å². The van der Waals surface area contributed by atoms with Crippen molar-refractivity contribution in [2.24, 2.45) is 0 Å². The molecule has 1 aliphatic rings. The lowest BCUT2D eigenvalue weighted by Crippen LogP contribution is -2.47. The lowest BCUT2D eigenvalue weighted by molar-refractivity contribution is 0.0213. The molecule has 23 heavy (non-hydrogen) atoms. The van der Waals surface area contributed by atoms with E-state index in [1.54, 1.807) is 0 Å². The standard InChI is InChI=1S/C15H22N2O5S/c1-12(17-6-8-22-9-7-17)11-16-23(19,20)14-5-3-4-13(10-14)15(18)21-2/h3-5,10,12,16H,6-9,11H2,1-2H3/t12-/m1/s1. The number of esters is 1. The Kier molecular flexibility index (Phi) is 6.11. The Labute approximate surface area is 136 Å². The Morgan fingerprint density at radius 1 is 1.39 bits per heavy atom. The molecule has 2 rings (SSSR count). The van der Waals surface area contributed by atoms with E-state index in [0.29, 0.717) is 19.8 Å². The van der Waals surface area contributed by atoms with Gasteiger partial charge >= 0.3 is 5.97 Å². The van der Waals surface area contributed by atoms with Gasteiger partial charge in [-0.25, -0.2) is 17.9 Å². The van der Waals surface area contributed by atoms with Gasteiger partial charge in [0.25, 0.3) is 0 Å². The first-order valence-corrected chi connectivity index (χ1v) is 8.92. The minimum Gasteiger partial charge on any atom is -0.465 e. The fourth-order valence-electron chi connectivity index (χ4n) is 2.37. The van der Waals surface area contributed by atoms with Crippen LogP contribution in [0.15, 0.2) is 29.2 Å². The predicted molar refractivity (Wildman–Crippen MR) is 84.8 cm³/mol. The zero-order valence-corrected chi connectivity index (χ0v) is 14.1. The largest absolute Gasteiger partial charge is 0.465 e. The second-order valence-electron chi connectivity index (χ2n) is 5.37. The number of carbonyl (C=O) groups excluding carboxylic acids is 1. The first kappa shape index (κ1) is 17.9. The summed E-state index contributed by atoms with van der Waals surface area (Å²) < 4.78 is 37.2. The van der Waals surface area contributed by atoms with E-state index in [1.165, 1.54) is 31.4 Å². The predicted octanol–water partition coefficient (Wildman–Crippen LogP) is 0.472. The molecule has 7 nitrogen and oxygen atoms in total. The summed E-state index contributed by atoms with van der Waals surface area (Å²) in [7, 11) is -2.42. The van der Waals surface area contributed by atoms with Gasteiger partial charge in [-0.2, -0.15) is 0 Å². The van der Waals surface area contributed by atoms with Gasteiger partial charge < -0.3 is 9.47 Å². The van der Waals surface area contributed by atoms with E-state index in [9.17, 15) is 13.2 Å². The van der Waals surface area contributed by atoms with Gasteiger partial charge in [-0.3, -0.25) is 4.90 Å². The third kappa shape index (κ3) is 4.74. The molecule has 0 aliphatic carbocycles. The Morgan fingerprint density at radius 2 is 2.09 bits per heavy atom. The van der Waals surface area contributed by atoms with E-state index >= 15 is 0 Å². The molecule has 0 amide bonds. The molecule has 1 heterocycles. The number of nitrogens with one attached hydrogen (secondary N) is 1. The normalized spacial score (nSPS) is 17.7. The van der Waals surface area contributed by atoms with Crippen molar-refractivity contribution in [3.8, 4) is 0 Å². The van der Waals surface area contributed by atoms with Gasteiger partial charge in [-0.05, 0) is 25.1 Å². The van der Waals surface area contributed by atoms with E-state index in [4.69, 9.17) is 4.74 Å². The maximum atomic E-state index is 12.4. The highest BCUT2D eigenvalue weighted by Crippen LogP contribution is 2.13. The third-order valence-electron chi connectivity index (χ3n) is 3.80. The van der Waals surface area contributed by atoms with Crippen molar-refractivity contribution in [1.29, 1.82) is 0 Å². The molecule has 1 N–H and O–H groups in total. The van der Waals surface area contributed by atoms with E-state index in [2.05, 4.69) is 14.4 Å². The summed E-state index contributed by atoms with van der Waals surface area (Å²) in [6, 6.07) is 5.87. The van der Waals surface area contributed by atoms with Gasteiger partial charge in [0.2, 0.25) is 10.0 Å². The number of carbonyl (C=O) groups is 1. The molecule has 0 unspecified atom stereocenters. The summed E-state index contributed by atoms with van der Waals surface area (Å²) in [6.45, 7) is 5.18. The summed E-state index contributed by atoms with van der Waals surface area (Å²) in [5.41, 5.74) is 0.205. The molecule has 1 aromatic rings. The molecule has 0 bridgehead atoms. The Hall–Kier alpha value is -1.48. The van der Waals surface area contributed by atoms with Gasteiger partial charge in [-0.15, -0.1) is 0 Å². The Balaban J connectivity index is 2.02. The second kappa shape index (κ2) is 7.87. The summed E-state index contributed by atoms with van der Waals surface area (Å²) in [5.74, 6) is -0.566. The van der Waals surface area contributed by atoms with Crippen LogP contribution in [-0.4, -0.2) is 65.3 Å². The monoisotopic (exact) mass is 342 g/mol. The topological polar surface area (TPSA) is 84.9 Å². The quantitative estimate of drug-likeness (QED) is 0.757. The lowest BCUT2D eigenvalue weighted by Gasteiger charge is -2.32. The molecule has 1 aromatic carbocycles. The van der Waals surface area contributed by atoms with Crippen LogP contribution in [0.4, 0.5) is 0 Å². The number of hydrogen-bond acceptors (Lipinski definition) is 6. The fraction of sp³-hybridized carbons (Fsp3) is 0.533. The van der Waals surface area contributed by atoms with Crippen LogP contribution < -0.4 is 4.72 Å². The number of ether oxygens (including phenoxy) is 2. The van der Waals surface area contributed by atoms with Gasteiger partial charge in [0.15, 0.2) is 0 Å². The van der Waals surface area contributed by atoms with Crippen LogP contribution in [0.2, 0.25) is 0 Å². The number of benzene rings is 1. The molecule has 1 atom stereocenters. The van der Waals surface area contributed by atoms with Gasteiger partial charge in [0.05, 0.1) is 30.8 Å². The lowest BCUT2D eigenvalue weighted by atomic mass is 10.2. The number of morpholine rings is 1. The third-order valence-corrected chi connectivity index (χ3v) is 5.22. The summed E-state index contributed by atoms with van der Waals surface area (Å²) in [6.07, 6.45) is 0. The average molecular weight is 342 g/mol. The van der Waals surface area contributed by atoms with Crippen LogP contribution in [0.5, 0.6) is 0 Å². The molecule has 1 aliphatic heterocycles. The Bertz CT molecular complexity index is 641. The average Bonchev–Trinajstić information content (AvgIpc) is 2.60. The van der Waals surface area contributed by atoms with Crippen LogP contribution in [0.25, 0.3) is 0 Å². The number of hydrogen-bond donors (Lipinski definition) is 1. The number of rotatable bonds is 6. The van der Waals surface area contributed by atoms with Crippen LogP contribution in [0.3, 0.4) is 0 Å². The van der Waals surface area contributed by atoms with E-state index in [-0.39, 0.29) is 16.5 Å². The van der Waals surface area contributed by atoms with Gasteiger partial charge in [0.1, 0.15) is 0 Å². The van der Waals surface area contributed by atoms with E-state index < -0.39 is 16.0 Å². The first-order valence-electron chi connectivity index (χ1n) is 7.44. The maximum absolute atomic E-state index is 12.4. The zero-order chi connectivity index (χ0) is 16.9. The molecular weight excluding hydrogens is 320 g/mol. The van der Waals surface area contributed by atoms with Gasteiger partial charge in [-0.1, -0.05) is 6.07 Å². The number of sulfonamides is 1. The molecular formula is C15H22N2O5S. The minimum absolute atomic E-state index is 0.0505. The van der Waals surface area contributed by atoms with Crippen LogP contribution >= 0.6 is 0 Å². The molecule has 128 valence electrons. The molecule has 0 aromatic heterocycles. The molecule has 0 saturated carbocycles.